The van der Waals surface area contributed by atoms with Gasteiger partial charge in [0.05, 0.1) is 0 Å². The third-order valence-corrected chi connectivity index (χ3v) is 3.71. The first-order chi connectivity index (χ1) is 8.20. The molecule has 0 spiro atoms. The number of hydrogen-bond donors (Lipinski definition) is 1. The summed E-state index contributed by atoms with van der Waals surface area (Å²) in [6.45, 7) is 11.3. The Bertz CT molecular complexity index is 319. The molecule has 1 heteroatoms. The highest BCUT2D eigenvalue weighted by molar-refractivity contribution is 5.29. The average Bonchev–Trinajstić information content (AvgIpc) is 2.35. The van der Waals surface area contributed by atoms with Crippen molar-refractivity contribution in [3.05, 3.63) is 35.4 Å². The van der Waals surface area contributed by atoms with Crippen molar-refractivity contribution >= 4 is 0 Å². The molecule has 96 valence electrons. The Labute approximate surface area is 107 Å². The first kappa shape index (κ1) is 14.2. The third-order valence-electron chi connectivity index (χ3n) is 3.71. The van der Waals surface area contributed by atoms with Gasteiger partial charge in [0.15, 0.2) is 0 Å². The van der Waals surface area contributed by atoms with E-state index >= 15 is 0 Å². The summed E-state index contributed by atoms with van der Waals surface area (Å²) in [6.07, 6.45) is 2.45. The van der Waals surface area contributed by atoms with Crippen LogP contribution in [0.4, 0.5) is 0 Å². The Hall–Kier alpha value is -0.820. The molecule has 0 saturated carbocycles. The molecule has 0 aromatic heterocycles. The van der Waals surface area contributed by atoms with Crippen molar-refractivity contribution in [2.24, 2.45) is 5.92 Å². The molecule has 2 unspecified atom stereocenters. The monoisotopic (exact) mass is 233 g/mol. The van der Waals surface area contributed by atoms with Crippen LogP contribution in [0.3, 0.4) is 0 Å². The van der Waals surface area contributed by atoms with Gasteiger partial charge >= 0.3 is 0 Å². The predicted octanol–water partition coefficient (Wildman–Crippen LogP) is 4.12. The zero-order valence-corrected chi connectivity index (χ0v) is 11.8. The Kier molecular flexibility index (Phi) is 6.28. The second-order valence-electron chi connectivity index (χ2n) is 5.05. The number of benzene rings is 1. The molecule has 0 fully saturated rings. The summed E-state index contributed by atoms with van der Waals surface area (Å²) in [6, 6.07) is 8.81. The highest BCUT2D eigenvalue weighted by atomic mass is 14.9. The fourth-order valence-corrected chi connectivity index (χ4v) is 2.34. The third kappa shape index (κ3) is 4.16. The summed E-state index contributed by atoms with van der Waals surface area (Å²) < 4.78 is 0. The van der Waals surface area contributed by atoms with Crippen LogP contribution in [-0.2, 0) is 0 Å². The van der Waals surface area contributed by atoms with Crippen LogP contribution in [0.5, 0.6) is 0 Å². The second-order valence-corrected chi connectivity index (χ2v) is 5.05. The summed E-state index contributed by atoms with van der Waals surface area (Å²) in [7, 11) is 0. The fourth-order valence-electron chi connectivity index (χ4n) is 2.34. The van der Waals surface area contributed by atoms with Crippen molar-refractivity contribution in [2.45, 2.75) is 46.5 Å². The minimum absolute atomic E-state index is 0.646. The summed E-state index contributed by atoms with van der Waals surface area (Å²) >= 11 is 0. The van der Waals surface area contributed by atoms with Crippen LogP contribution in [0.25, 0.3) is 0 Å². The largest absolute Gasteiger partial charge is 0.316 e. The van der Waals surface area contributed by atoms with Crippen LogP contribution in [0.2, 0.25) is 0 Å². The van der Waals surface area contributed by atoms with E-state index in [2.05, 4.69) is 57.3 Å². The average molecular weight is 233 g/mol. The van der Waals surface area contributed by atoms with Gasteiger partial charge in [-0.15, -0.1) is 0 Å². The molecule has 17 heavy (non-hydrogen) atoms. The quantitative estimate of drug-likeness (QED) is 0.698. The lowest BCUT2D eigenvalue weighted by atomic mass is 9.83. The number of nitrogens with one attached hydrogen (secondary N) is 1. The van der Waals surface area contributed by atoms with E-state index in [9.17, 15) is 0 Å². The van der Waals surface area contributed by atoms with Crippen LogP contribution >= 0.6 is 0 Å². The van der Waals surface area contributed by atoms with Gasteiger partial charge in [-0.2, -0.15) is 0 Å². The molecule has 1 aromatic rings. The van der Waals surface area contributed by atoms with Gasteiger partial charge in [0.2, 0.25) is 0 Å². The van der Waals surface area contributed by atoms with Gasteiger partial charge in [0.1, 0.15) is 0 Å². The lowest BCUT2D eigenvalue weighted by Crippen LogP contribution is -2.26. The van der Waals surface area contributed by atoms with Crippen LogP contribution in [0.1, 0.15) is 50.7 Å². The smallest absolute Gasteiger partial charge is 0.00228 e. The van der Waals surface area contributed by atoms with E-state index in [-0.39, 0.29) is 0 Å². The van der Waals surface area contributed by atoms with Gasteiger partial charge < -0.3 is 5.32 Å². The Morgan fingerprint density at radius 3 is 2.47 bits per heavy atom. The molecule has 1 rings (SSSR count). The van der Waals surface area contributed by atoms with E-state index < -0.39 is 0 Å². The standard InChI is InChI=1S/C16H27N/c1-5-11-17-12-16(13(3)6-2)15-10-8-7-9-14(15)4/h7-10,13,16-17H,5-6,11-12H2,1-4H3. The zero-order valence-electron chi connectivity index (χ0n) is 11.8. The Balaban J connectivity index is 2.79. The van der Waals surface area contributed by atoms with Crippen LogP contribution in [0.15, 0.2) is 24.3 Å². The van der Waals surface area contributed by atoms with Crippen molar-refractivity contribution in [1.29, 1.82) is 0 Å². The predicted molar refractivity (Wildman–Crippen MR) is 76.5 cm³/mol. The summed E-state index contributed by atoms with van der Waals surface area (Å²) in [4.78, 5) is 0. The molecule has 0 aliphatic rings. The van der Waals surface area contributed by atoms with Gasteiger partial charge in [-0.3, -0.25) is 0 Å². The van der Waals surface area contributed by atoms with Crippen LogP contribution in [-0.4, -0.2) is 13.1 Å². The van der Waals surface area contributed by atoms with Crippen LogP contribution in [0, 0.1) is 12.8 Å². The van der Waals surface area contributed by atoms with Gasteiger partial charge in [0, 0.05) is 6.54 Å². The van der Waals surface area contributed by atoms with Crippen molar-refractivity contribution in [3.8, 4) is 0 Å². The molecule has 1 nitrogen and oxygen atoms in total. The molecule has 0 aliphatic carbocycles. The molecule has 0 heterocycles. The van der Waals surface area contributed by atoms with Crippen molar-refractivity contribution in [1.82, 2.24) is 5.32 Å². The minimum Gasteiger partial charge on any atom is -0.316 e. The lowest BCUT2D eigenvalue weighted by Gasteiger charge is -2.25. The van der Waals surface area contributed by atoms with E-state index in [0.717, 1.165) is 19.0 Å². The number of hydrogen-bond acceptors (Lipinski definition) is 1. The van der Waals surface area contributed by atoms with E-state index in [1.807, 2.05) is 0 Å². The fraction of sp³-hybridized carbons (Fsp3) is 0.625. The molecule has 0 saturated heterocycles. The van der Waals surface area contributed by atoms with Crippen molar-refractivity contribution in [2.75, 3.05) is 13.1 Å². The van der Waals surface area contributed by atoms with Gasteiger partial charge in [-0.25, -0.2) is 0 Å². The first-order valence-electron chi connectivity index (χ1n) is 6.96. The van der Waals surface area contributed by atoms with E-state index in [1.54, 1.807) is 0 Å². The normalized spacial score (nSPS) is 14.6. The molecule has 1 aromatic carbocycles. The van der Waals surface area contributed by atoms with Crippen LogP contribution < -0.4 is 5.32 Å². The van der Waals surface area contributed by atoms with Crippen molar-refractivity contribution < 1.29 is 0 Å². The Morgan fingerprint density at radius 2 is 1.88 bits per heavy atom. The number of aryl methyl sites for hydroxylation is 1. The summed E-state index contributed by atoms with van der Waals surface area (Å²) in [5.41, 5.74) is 2.95. The number of rotatable bonds is 7. The van der Waals surface area contributed by atoms with E-state index in [0.29, 0.717) is 5.92 Å². The lowest BCUT2D eigenvalue weighted by molar-refractivity contribution is 0.420. The highest BCUT2D eigenvalue weighted by Gasteiger charge is 2.18. The molecular weight excluding hydrogens is 206 g/mol. The molecule has 2 atom stereocenters. The van der Waals surface area contributed by atoms with Gasteiger partial charge in [-0.1, -0.05) is 51.5 Å². The molecule has 0 bridgehead atoms. The van der Waals surface area contributed by atoms with E-state index in [1.165, 1.54) is 24.0 Å². The summed E-state index contributed by atoms with van der Waals surface area (Å²) in [5, 5.41) is 3.58. The highest BCUT2D eigenvalue weighted by Crippen LogP contribution is 2.28. The maximum absolute atomic E-state index is 3.58. The first-order valence-corrected chi connectivity index (χ1v) is 6.96. The van der Waals surface area contributed by atoms with Crippen molar-refractivity contribution in [3.63, 3.8) is 0 Å². The molecule has 0 radical (unpaired) electrons. The Morgan fingerprint density at radius 1 is 1.18 bits per heavy atom. The van der Waals surface area contributed by atoms with Gasteiger partial charge in [0.25, 0.3) is 0 Å². The maximum atomic E-state index is 3.58. The van der Waals surface area contributed by atoms with E-state index in [4.69, 9.17) is 0 Å². The molecular formula is C16H27N. The zero-order chi connectivity index (χ0) is 12.7. The van der Waals surface area contributed by atoms with Gasteiger partial charge in [-0.05, 0) is 42.9 Å². The molecule has 0 aliphatic heterocycles. The minimum atomic E-state index is 0.646. The molecule has 0 amide bonds. The second kappa shape index (κ2) is 7.50. The maximum Gasteiger partial charge on any atom is 0.00228 e. The summed E-state index contributed by atoms with van der Waals surface area (Å²) in [5.74, 6) is 1.38. The SMILES string of the molecule is CCCNCC(c1ccccc1C)C(C)CC. The topological polar surface area (TPSA) is 12.0 Å². The molecule has 1 N–H and O–H groups in total.